The Balaban J connectivity index is 3.24. The Morgan fingerprint density at radius 1 is 1.25 bits per heavy atom. The van der Waals surface area contributed by atoms with Gasteiger partial charge in [0.2, 0.25) is 0 Å². The second-order valence-electron chi connectivity index (χ2n) is 3.02. The first-order valence-corrected chi connectivity index (χ1v) is 5.03. The van der Waals surface area contributed by atoms with Gasteiger partial charge in [0.1, 0.15) is 17.1 Å². The van der Waals surface area contributed by atoms with Crippen LogP contribution in [0.3, 0.4) is 0 Å². The molecule has 1 rings (SSSR count). The van der Waals surface area contributed by atoms with E-state index in [1.54, 1.807) is 26.0 Å². The number of carboxylic acid groups (broad SMARTS) is 1. The zero-order valence-electron chi connectivity index (χ0n) is 9.32. The Labute approximate surface area is 93.8 Å². The molecule has 0 radical (unpaired) electrons. The van der Waals surface area contributed by atoms with Crippen LogP contribution in [-0.2, 0) is 0 Å². The lowest BCUT2D eigenvalue weighted by Gasteiger charge is -2.13. The van der Waals surface area contributed by atoms with E-state index in [-0.39, 0.29) is 17.0 Å². The zero-order valence-corrected chi connectivity index (χ0v) is 9.32. The van der Waals surface area contributed by atoms with Crippen molar-refractivity contribution in [3.8, 4) is 11.5 Å². The molecule has 88 valence electrons. The summed E-state index contributed by atoms with van der Waals surface area (Å²) in [6.45, 7) is 4.39. The van der Waals surface area contributed by atoms with Gasteiger partial charge in [0.05, 0.1) is 18.9 Å². The third kappa shape index (κ3) is 2.36. The molecule has 5 nitrogen and oxygen atoms in total. The fourth-order valence-electron chi connectivity index (χ4n) is 1.36. The number of rotatable bonds is 5. The van der Waals surface area contributed by atoms with Crippen LogP contribution in [0.2, 0.25) is 0 Å². The summed E-state index contributed by atoms with van der Waals surface area (Å²) in [6.07, 6.45) is 0. The third-order valence-corrected chi connectivity index (χ3v) is 1.98. The number of carboxylic acids is 1. The van der Waals surface area contributed by atoms with Gasteiger partial charge in [-0.2, -0.15) is 0 Å². The molecular formula is C11H15NO4. The highest BCUT2D eigenvalue weighted by molar-refractivity contribution is 5.98. The molecule has 5 heteroatoms. The number of aromatic carboxylic acids is 1. The van der Waals surface area contributed by atoms with Crippen LogP contribution in [0.5, 0.6) is 11.5 Å². The van der Waals surface area contributed by atoms with Gasteiger partial charge in [0.25, 0.3) is 0 Å². The van der Waals surface area contributed by atoms with E-state index in [2.05, 4.69) is 0 Å². The van der Waals surface area contributed by atoms with E-state index < -0.39 is 5.97 Å². The van der Waals surface area contributed by atoms with Crippen LogP contribution < -0.4 is 15.2 Å². The van der Waals surface area contributed by atoms with Crippen LogP contribution in [0.15, 0.2) is 12.1 Å². The number of nitrogens with two attached hydrogens (primary N) is 1. The first-order valence-electron chi connectivity index (χ1n) is 5.03. The Kier molecular flexibility index (Phi) is 3.99. The van der Waals surface area contributed by atoms with Gasteiger partial charge in [-0.05, 0) is 26.0 Å². The first kappa shape index (κ1) is 12.2. The molecule has 0 aliphatic heterocycles. The highest BCUT2D eigenvalue weighted by Gasteiger charge is 2.18. The minimum atomic E-state index is -1.12. The number of hydrogen-bond donors (Lipinski definition) is 2. The van der Waals surface area contributed by atoms with Crippen LogP contribution in [-0.4, -0.2) is 24.3 Å². The smallest absolute Gasteiger partial charge is 0.341 e. The van der Waals surface area contributed by atoms with Gasteiger partial charge < -0.3 is 20.3 Å². The van der Waals surface area contributed by atoms with Gasteiger partial charge in [-0.3, -0.25) is 0 Å². The van der Waals surface area contributed by atoms with Crippen LogP contribution in [0, 0.1) is 0 Å². The number of anilines is 1. The van der Waals surface area contributed by atoms with Crippen molar-refractivity contribution in [1.29, 1.82) is 0 Å². The number of hydrogen-bond acceptors (Lipinski definition) is 4. The molecule has 0 saturated heterocycles. The first-order chi connectivity index (χ1) is 7.61. The summed E-state index contributed by atoms with van der Waals surface area (Å²) in [7, 11) is 0. The lowest BCUT2D eigenvalue weighted by atomic mass is 10.1. The molecule has 1 aromatic rings. The Morgan fingerprint density at radius 3 is 2.25 bits per heavy atom. The lowest BCUT2D eigenvalue weighted by Crippen LogP contribution is -2.08. The van der Waals surface area contributed by atoms with Crippen molar-refractivity contribution in [3.05, 3.63) is 17.7 Å². The normalized spacial score (nSPS) is 9.88. The van der Waals surface area contributed by atoms with Gasteiger partial charge in [-0.15, -0.1) is 0 Å². The molecule has 0 atom stereocenters. The summed E-state index contributed by atoms with van der Waals surface area (Å²) >= 11 is 0. The standard InChI is InChI=1S/C11H15NO4/c1-3-15-7-5-6-8(16-4-2)10(12)9(7)11(13)14/h5-6H,3-4,12H2,1-2H3,(H,13,14). The number of ether oxygens (including phenoxy) is 2. The summed E-state index contributed by atoms with van der Waals surface area (Å²) in [5.41, 5.74) is 5.76. The van der Waals surface area contributed by atoms with Crippen LogP contribution in [0.4, 0.5) is 5.69 Å². The molecule has 1 aromatic carbocycles. The van der Waals surface area contributed by atoms with Gasteiger partial charge >= 0.3 is 5.97 Å². The quantitative estimate of drug-likeness (QED) is 0.746. The van der Waals surface area contributed by atoms with E-state index in [1.165, 1.54) is 0 Å². The maximum atomic E-state index is 11.1. The van der Waals surface area contributed by atoms with Gasteiger partial charge in [-0.1, -0.05) is 0 Å². The fraction of sp³-hybridized carbons (Fsp3) is 0.364. The van der Waals surface area contributed by atoms with Crippen molar-refractivity contribution in [2.75, 3.05) is 18.9 Å². The van der Waals surface area contributed by atoms with Crippen molar-refractivity contribution in [2.24, 2.45) is 0 Å². The second kappa shape index (κ2) is 5.25. The summed E-state index contributed by atoms with van der Waals surface area (Å²) in [5, 5.41) is 9.05. The van der Waals surface area contributed by atoms with E-state index in [1.807, 2.05) is 0 Å². The Morgan fingerprint density at radius 2 is 1.75 bits per heavy atom. The molecule has 0 aliphatic rings. The van der Waals surface area contributed by atoms with Crippen LogP contribution >= 0.6 is 0 Å². The Hall–Kier alpha value is -1.91. The highest BCUT2D eigenvalue weighted by atomic mass is 16.5. The molecule has 0 heterocycles. The van der Waals surface area contributed by atoms with E-state index in [0.29, 0.717) is 19.0 Å². The number of carbonyl (C=O) groups is 1. The highest BCUT2D eigenvalue weighted by Crippen LogP contribution is 2.33. The fourth-order valence-corrected chi connectivity index (χ4v) is 1.36. The summed E-state index contributed by atoms with van der Waals surface area (Å²) in [6, 6.07) is 3.16. The topological polar surface area (TPSA) is 81.8 Å². The largest absolute Gasteiger partial charge is 0.493 e. The van der Waals surface area contributed by atoms with Crippen molar-refractivity contribution >= 4 is 11.7 Å². The van der Waals surface area contributed by atoms with Crippen molar-refractivity contribution in [3.63, 3.8) is 0 Å². The third-order valence-electron chi connectivity index (χ3n) is 1.98. The molecule has 0 aliphatic carbocycles. The molecule has 0 aromatic heterocycles. The number of benzene rings is 1. The molecule has 3 N–H and O–H groups in total. The predicted molar refractivity (Wildman–Crippen MR) is 60.2 cm³/mol. The predicted octanol–water partition coefficient (Wildman–Crippen LogP) is 1.76. The van der Waals surface area contributed by atoms with Gasteiger partial charge in [0.15, 0.2) is 0 Å². The average Bonchev–Trinajstić information content (AvgIpc) is 2.22. The molecular weight excluding hydrogens is 210 g/mol. The minimum absolute atomic E-state index is 0.0483. The molecule has 0 spiro atoms. The molecule has 0 saturated carbocycles. The summed E-state index contributed by atoms with van der Waals surface area (Å²) < 4.78 is 10.4. The Bertz CT molecular complexity index is 390. The van der Waals surface area contributed by atoms with E-state index in [9.17, 15) is 4.79 Å². The molecule has 0 bridgehead atoms. The number of nitrogen functional groups attached to an aromatic ring is 1. The minimum Gasteiger partial charge on any atom is -0.493 e. The summed E-state index contributed by atoms with van der Waals surface area (Å²) in [4.78, 5) is 11.1. The van der Waals surface area contributed by atoms with E-state index in [0.717, 1.165) is 0 Å². The maximum Gasteiger partial charge on any atom is 0.341 e. The maximum absolute atomic E-state index is 11.1. The average molecular weight is 225 g/mol. The lowest BCUT2D eigenvalue weighted by molar-refractivity contribution is 0.0693. The van der Waals surface area contributed by atoms with Crippen molar-refractivity contribution < 1.29 is 19.4 Å². The van der Waals surface area contributed by atoms with Crippen molar-refractivity contribution in [2.45, 2.75) is 13.8 Å². The zero-order chi connectivity index (χ0) is 12.1. The SMILES string of the molecule is CCOc1ccc(OCC)c(C(=O)O)c1N. The van der Waals surface area contributed by atoms with Gasteiger partial charge in [0, 0.05) is 0 Å². The van der Waals surface area contributed by atoms with Crippen LogP contribution in [0.25, 0.3) is 0 Å². The second-order valence-corrected chi connectivity index (χ2v) is 3.02. The monoisotopic (exact) mass is 225 g/mol. The molecule has 0 unspecified atom stereocenters. The molecule has 16 heavy (non-hydrogen) atoms. The summed E-state index contributed by atoms with van der Waals surface area (Å²) in [5.74, 6) is -0.498. The van der Waals surface area contributed by atoms with Crippen LogP contribution in [0.1, 0.15) is 24.2 Å². The molecule has 0 amide bonds. The van der Waals surface area contributed by atoms with Gasteiger partial charge in [-0.25, -0.2) is 4.79 Å². The van der Waals surface area contributed by atoms with E-state index >= 15 is 0 Å². The molecule has 0 fully saturated rings. The van der Waals surface area contributed by atoms with Crippen molar-refractivity contribution in [1.82, 2.24) is 0 Å². The van der Waals surface area contributed by atoms with E-state index in [4.69, 9.17) is 20.3 Å².